The Hall–Kier alpha value is -5.87. The second-order valence-electron chi connectivity index (χ2n) is 24.8. The SMILES string of the molecule is CC/C=C\C/C=C\C/C=C\C/C=C\C/C=C\C/C=C\C/C=C\C/C=C\C/C=C\C/C=C\C/C=C\CCCCCCCCCC(=O)OC(COC(=O)CCCCCCCCCCCCC/C=C\C/C=C\C/C=C\C/C=C\C/C=C\CC)COC(OCC[N+](C)(C)C)C(=O)[O-]. The van der Waals surface area contributed by atoms with Crippen LogP contribution in [0.15, 0.2) is 194 Å². The van der Waals surface area contributed by atoms with Crippen molar-refractivity contribution in [2.24, 2.45) is 0 Å². The summed E-state index contributed by atoms with van der Waals surface area (Å²) in [6.07, 6.45) is 108. The van der Waals surface area contributed by atoms with Crippen molar-refractivity contribution in [3.05, 3.63) is 194 Å². The average molecular weight is 1280 g/mol. The lowest BCUT2D eigenvalue weighted by Gasteiger charge is -2.26. The van der Waals surface area contributed by atoms with Crippen LogP contribution in [0.2, 0.25) is 0 Å². The van der Waals surface area contributed by atoms with Crippen molar-refractivity contribution in [2.75, 3.05) is 47.5 Å². The molecule has 0 spiro atoms. The molecule has 0 N–H and O–H groups in total. The monoisotopic (exact) mass is 1280 g/mol. The Kier molecular flexibility index (Phi) is 67.4. The Morgan fingerprint density at radius 1 is 0.323 bits per heavy atom. The maximum Gasteiger partial charge on any atom is 0.306 e. The van der Waals surface area contributed by atoms with E-state index in [1.165, 1.54) is 57.8 Å². The van der Waals surface area contributed by atoms with Crippen LogP contribution in [-0.2, 0) is 33.3 Å². The van der Waals surface area contributed by atoms with Gasteiger partial charge in [-0.15, -0.1) is 0 Å². The van der Waals surface area contributed by atoms with Gasteiger partial charge in [0.25, 0.3) is 0 Å². The highest BCUT2D eigenvalue weighted by Gasteiger charge is 2.22. The maximum absolute atomic E-state index is 12.9. The average Bonchev–Trinajstić information content (AvgIpc) is 3.38. The van der Waals surface area contributed by atoms with Crippen molar-refractivity contribution >= 4 is 17.9 Å². The van der Waals surface area contributed by atoms with Crippen LogP contribution in [0.4, 0.5) is 0 Å². The molecule has 0 aliphatic heterocycles. The summed E-state index contributed by atoms with van der Waals surface area (Å²) < 4.78 is 22.8. The largest absolute Gasteiger partial charge is 0.545 e. The van der Waals surface area contributed by atoms with E-state index >= 15 is 0 Å². The quantitative estimate of drug-likeness (QED) is 0.0195. The number of rotatable bonds is 65. The van der Waals surface area contributed by atoms with E-state index in [-0.39, 0.29) is 38.6 Å². The topological polar surface area (TPSA) is 111 Å². The third-order valence-electron chi connectivity index (χ3n) is 14.8. The van der Waals surface area contributed by atoms with Gasteiger partial charge in [0.15, 0.2) is 12.4 Å². The summed E-state index contributed by atoms with van der Waals surface area (Å²) >= 11 is 0. The Balaban J connectivity index is 4.20. The number of hydrogen-bond acceptors (Lipinski definition) is 8. The van der Waals surface area contributed by atoms with Gasteiger partial charge >= 0.3 is 11.9 Å². The molecule has 0 saturated carbocycles. The van der Waals surface area contributed by atoms with Crippen LogP contribution in [0.25, 0.3) is 0 Å². The zero-order chi connectivity index (χ0) is 67.5. The summed E-state index contributed by atoms with van der Waals surface area (Å²) in [6, 6.07) is 0. The molecule has 9 nitrogen and oxygen atoms in total. The molecule has 522 valence electrons. The molecule has 0 aromatic rings. The van der Waals surface area contributed by atoms with Gasteiger partial charge in [0.1, 0.15) is 13.2 Å². The van der Waals surface area contributed by atoms with Gasteiger partial charge in [0.05, 0.1) is 40.3 Å². The first-order valence-electron chi connectivity index (χ1n) is 36.6. The van der Waals surface area contributed by atoms with E-state index in [0.717, 1.165) is 167 Å². The fraction of sp³-hybridized carbons (Fsp3) is 0.583. The van der Waals surface area contributed by atoms with Gasteiger partial charge in [0, 0.05) is 12.8 Å². The van der Waals surface area contributed by atoms with Gasteiger partial charge in [-0.3, -0.25) is 9.59 Å². The number of carboxylic acids is 1. The third kappa shape index (κ3) is 73.4. The van der Waals surface area contributed by atoms with Gasteiger partial charge in [0.2, 0.25) is 0 Å². The standard InChI is InChI=1S/C84H133NO8/c1-6-8-10-12-14-16-18-20-22-24-26-28-30-32-34-35-36-37-38-39-40-41-42-43-44-45-46-47-49-51-53-55-57-59-61-63-65-67-69-71-73-75-82(87)93-80(79-92-84(83(88)89)90-77-76-85(3,4)5)78-91-81(86)74-72-70-68-66-64-62-60-58-56-54-52-50-48-33-31-29-27-25-23-21-19-17-15-13-11-9-7-2/h8-11,14-17,20-23,26-29,32-34,36-37,39-40,42-43,45-46,48-49,51,55,57,80,84H,6-7,12-13,18-19,24-25,30-31,35,38,41,44,47,50,52-54,56,58-79H2,1-5H3/b10-8-,11-9-,16-14-,17-15-,22-20-,23-21-,28-26-,29-27-,34-32-,37-36-,40-39-,43-42-,46-45-,48-33-,51-49-,57-55-. The Bertz CT molecular complexity index is 2230. The normalized spacial score (nSPS) is 13.9. The minimum Gasteiger partial charge on any atom is -0.545 e. The Morgan fingerprint density at radius 3 is 0.860 bits per heavy atom. The summed E-state index contributed by atoms with van der Waals surface area (Å²) in [6.45, 7) is 4.49. The van der Waals surface area contributed by atoms with Crippen LogP contribution in [0.1, 0.15) is 258 Å². The molecule has 2 atom stereocenters. The zero-order valence-corrected chi connectivity index (χ0v) is 59.5. The van der Waals surface area contributed by atoms with Gasteiger partial charge in [-0.05, 0) is 141 Å². The molecule has 0 aromatic carbocycles. The van der Waals surface area contributed by atoms with Crippen molar-refractivity contribution in [2.45, 2.75) is 270 Å². The predicted octanol–water partition coefficient (Wildman–Crippen LogP) is 22.0. The molecule has 0 fully saturated rings. The van der Waals surface area contributed by atoms with Crippen molar-refractivity contribution in [1.82, 2.24) is 0 Å². The summed E-state index contributed by atoms with van der Waals surface area (Å²) in [7, 11) is 5.91. The van der Waals surface area contributed by atoms with Gasteiger partial charge in [-0.1, -0.05) is 298 Å². The number of ether oxygens (including phenoxy) is 4. The van der Waals surface area contributed by atoms with Gasteiger partial charge in [-0.25, -0.2) is 0 Å². The van der Waals surface area contributed by atoms with E-state index in [0.29, 0.717) is 17.4 Å². The Morgan fingerprint density at radius 2 is 0.581 bits per heavy atom. The predicted molar refractivity (Wildman–Crippen MR) is 397 cm³/mol. The minimum atomic E-state index is -1.64. The van der Waals surface area contributed by atoms with Crippen LogP contribution < -0.4 is 5.11 Å². The number of hydrogen-bond donors (Lipinski definition) is 0. The number of carboxylic acid groups (broad SMARTS) is 1. The lowest BCUT2D eigenvalue weighted by Crippen LogP contribution is -2.44. The number of unbranched alkanes of at least 4 members (excludes halogenated alkanes) is 18. The van der Waals surface area contributed by atoms with Crippen LogP contribution in [0.5, 0.6) is 0 Å². The lowest BCUT2D eigenvalue weighted by atomic mass is 10.0. The highest BCUT2D eigenvalue weighted by atomic mass is 16.7. The van der Waals surface area contributed by atoms with Crippen LogP contribution in [0.3, 0.4) is 0 Å². The number of aliphatic carboxylic acids is 1. The highest BCUT2D eigenvalue weighted by Crippen LogP contribution is 2.15. The second kappa shape index (κ2) is 72.0. The molecule has 0 aliphatic carbocycles. The zero-order valence-electron chi connectivity index (χ0n) is 59.5. The number of likely N-dealkylation sites (N-methyl/N-ethyl adjacent to an activating group) is 1. The van der Waals surface area contributed by atoms with Gasteiger partial charge in [-0.2, -0.15) is 0 Å². The summed E-state index contributed by atoms with van der Waals surface area (Å²) in [4.78, 5) is 37.5. The number of nitrogens with zero attached hydrogens (tertiary/aromatic N) is 1. The van der Waals surface area contributed by atoms with E-state index in [9.17, 15) is 19.5 Å². The third-order valence-corrected chi connectivity index (χ3v) is 14.8. The fourth-order valence-corrected chi connectivity index (χ4v) is 9.33. The van der Waals surface area contributed by atoms with Crippen molar-refractivity contribution < 1.29 is 42.9 Å². The molecule has 9 heteroatoms. The number of quaternary nitrogens is 1. The first-order chi connectivity index (χ1) is 45.6. The number of carbonyl (C=O) groups excluding carboxylic acids is 3. The van der Waals surface area contributed by atoms with Crippen molar-refractivity contribution in [1.29, 1.82) is 0 Å². The lowest BCUT2D eigenvalue weighted by molar-refractivity contribution is -0.870. The smallest absolute Gasteiger partial charge is 0.306 e. The van der Waals surface area contributed by atoms with E-state index < -0.39 is 24.3 Å². The fourth-order valence-electron chi connectivity index (χ4n) is 9.33. The molecule has 0 heterocycles. The minimum absolute atomic E-state index is 0.135. The molecular weight excluding hydrogens is 1150 g/mol. The molecule has 0 rings (SSSR count). The van der Waals surface area contributed by atoms with E-state index in [1.807, 2.05) is 21.1 Å². The first-order valence-corrected chi connectivity index (χ1v) is 36.6. The van der Waals surface area contributed by atoms with Gasteiger partial charge < -0.3 is 33.3 Å². The molecule has 0 radical (unpaired) electrons. The molecule has 0 saturated heterocycles. The molecular formula is C84H133NO8. The Labute approximate surface area is 570 Å². The molecule has 0 aliphatic rings. The summed E-state index contributed by atoms with van der Waals surface area (Å²) in [5.74, 6) is -2.32. The van der Waals surface area contributed by atoms with Crippen LogP contribution >= 0.6 is 0 Å². The van der Waals surface area contributed by atoms with E-state index in [2.05, 4.69) is 208 Å². The van der Waals surface area contributed by atoms with Crippen LogP contribution in [-0.4, -0.2) is 82.3 Å². The van der Waals surface area contributed by atoms with E-state index in [1.54, 1.807) is 0 Å². The van der Waals surface area contributed by atoms with Crippen molar-refractivity contribution in [3.8, 4) is 0 Å². The summed E-state index contributed by atoms with van der Waals surface area (Å²) in [5.41, 5.74) is 0. The molecule has 0 bridgehead atoms. The van der Waals surface area contributed by atoms with E-state index in [4.69, 9.17) is 18.9 Å². The first kappa shape index (κ1) is 87.1. The number of allylic oxidation sites excluding steroid dienone is 32. The highest BCUT2D eigenvalue weighted by molar-refractivity contribution is 5.70. The van der Waals surface area contributed by atoms with Crippen molar-refractivity contribution in [3.63, 3.8) is 0 Å². The maximum atomic E-state index is 12.9. The van der Waals surface area contributed by atoms with Crippen LogP contribution in [0, 0.1) is 0 Å². The summed E-state index contributed by atoms with van der Waals surface area (Å²) in [5, 5.41) is 11.8. The number of carbonyl (C=O) groups is 3. The molecule has 0 aromatic heterocycles. The molecule has 2 unspecified atom stereocenters. The second-order valence-corrected chi connectivity index (χ2v) is 24.8. The molecule has 0 amide bonds. The molecule has 93 heavy (non-hydrogen) atoms. The number of esters is 2.